The molecule has 1 N–H and O–H groups in total. The van der Waals surface area contributed by atoms with Crippen molar-refractivity contribution in [3.8, 4) is 0 Å². The van der Waals surface area contributed by atoms with Crippen molar-refractivity contribution in [1.82, 2.24) is 9.62 Å². The zero-order chi connectivity index (χ0) is 18.6. The van der Waals surface area contributed by atoms with Crippen LogP contribution in [0.5, 0.6) is 0 Å². The number of likely N-dealkylation sites (tertiary alicyclic amines) is 1. The standard InChI is InChI=1S/C17H21N3O4S2/c21-20(22)16-2-1-3-17(10-16)26(23,24)18-11-14-4-7-19(8-5-14)12-15-6-9-25-13-15/h1-3,6,9-10,13-14,18H,4-5,7-8,11-12H2. The molecule has 26 heavy (non-hydrogen) atoms. The van der Waals surface area contributed by atoms with Gasteiger partial charge in [-0.2, -0.15) is 11.3 Å². The van der Waals surface area contributed by atoms with Crippen LogP contribution in [0.25, 0.3) is 0 Å². The summed E-state index contributed by atoms with van der Waals surface area (Å²) in [4.78, 5) is 12.5. The van der Waals surface area contributed by atoms with Gasteiger partial charge in [-0.25, -0.2) is 13.1 Å². The summed E-state index contributed by atoms with van der Waals surface area (Å²) in [5, 5.41) is 15.0. The van der Waals surface area contributed by atoms with Crippen LogP contribution in [0.4, 0.5) is 5.69 Å². The zero-order valence-corrected chi connectivity index (χ0v) is 15.8. The number of rotatable bonds is 7. The Morgan fingerprint density at radius 2 is 2.04 bits per heavy atom. The Morgan fingerprint density at radius 3 is 2.69 bits per heavy atom. The van der Waals surface area contributed by atoms with Crippen LogP contribution < -0.4 is 4.72 Å². The maximum absolute atomic E-state index is 12.4. The van der Waals surface area contributed by atoms with Crippen molar-refractivity contribution >= 4 is 27.0 Å². The van der Waals surface area contributed by atoms with E-state index in [1.807, 2.05) is 0 Å². The number of piperidine rings is 1. The van der Waals surface area contributed by atoms with E-state index in [2.05, 4.69) is 26.4 Å². The van der Waals surface area contributed by atoms with Crippen LogP contribution in [0.2, 0.25) is 0 Å². The molecular formula is C17H21N3O4S2. The van der Waals surface area contributed by atoms with Gasteiger partial charge < -0.3 is 0 Å². The molecule has 0 unspecified atom stereocenters. The number of thiophene rings is 1. The lowest BCUT2D eigenvalue weighted by Crippen LogP contribution is -2.38. The number of non-ortho nitro benzene ring substituents is 1. The second-order valence-corrected chi connectivity index (χ2v) is 9.00. The minimum Gasteiger partial charge on any atom is -0.299 e. The summed E-state index contributed by atoms with van der Waals surface area (Å²) < 4.78 is 27.4. The van der Waals surface area contributed by atoms with Gasteiger partial charge in [-0.05, 0) is 60.3 Å². The Balaban J connectivity index is 1.51. The first-order chi connectivity index (χ1) is 12.4. The fourth-order valence-electron chi connectivity index (χ4n) is 3.06. The Kier molecular flexibility index (Phi) is 6.02. The van der Waals surface area contributed by atoms with Crippen LogP contribution in [0.1, 0.15) is 18.4 Å². The van der Waals surface area contributed by atoms with E-state index in [0.717, 1.165) is 38.5 Å². The Bertz CT molecular complexity index is 845. The highest BCUT2D eigenvalue weighted by molar-refractivity contribution is 7.89. The van der Waals surface area contributed by atoms with Gasteiger partial charge >= 0.3 is 0 Å². The van der Waals surface area contributed by atoms with Crippen molar-refractivity contribution in [3.05, 3.63) is 56.8 Å². The summed E-state index contributed by atoms with van der Waals surface area (Å²) >= 11 is 1.69. The monoisotopic (exact) mass is 395 g/mol. The van der Waals surface area contributed by atoms with Gasteiger partial charge in [0.15, 0.2) is 0 Å². The van der Waals surface area contributed by atoms with E-state index in [-0.39, 0.29) is 16.5 Å². The van der Waals surface area contributed by atoms with Gasteiger partial charge in [-0.15, -0.1) is 0 Å². The molecule has 1 aliphatic rings. The summed E-state index contributed by atoms with van der Waals surface area (Å²) in [7, 11) is -3.74. The Hall–Kier alpha value is -1.81. The molecule has 0 saturated carbocycles. The second-order valence-electron chi connectivity index (χ2n) is 6.46. The number of nitrogens with zero attached hydrogens (tertiary/aromatic N) is 2. The average Bonchev–Trinajstić information content (AvgIpc) is 3.14. The molecule has 1 aliphatic heterocycles. The molecular weight excluding hydrogens is 374 g/mol. The maximum Gasteiger partial charge on any atom is 0.270 e. The molecule has 0 spiro atoms. The van der Waals surface area contributed by atoms with Crippen molar-refractivity contribution in [1.29, 1.82) is 0 Å². The molecule has 9 heteroatoms. The Morgan fingerprint density at radius 1 is 1.27 bits per heavy atom. The van der Waals surface area contributed by atoms with Gasteiger partial charge in [0.25, 0.3) is 5.69 Å². The SMILES string of the molecule is O=[N+]([O-])c1cccc(S(=O)(=O)NCC2CCN(Cc3ccsc3)CC2)c1. The van der Waals surface area contributed by atoms with Gasteiger partial charge in [0.05, 0.1) is 9.82 Å². The minimum absolute atomic E-state index is 0.0680. The van der Waals surface area contributed by atoms with Gasteiger partial charge in [0.1, 0.15) is 0 Å². The molecule has 0 radical (unpaired) electrons. The van der Waals surface area contributed by atoms with Crippen LogP contribution in [0, 0.1) is 16.0 Å². The van der Waals surface area contributed by atoms with E-state index < -0.39 is 14.9 Å². The third-order valence-electron chi connectivity index (χ3n) is 4.59. The van der Waals surface area contributed by atoms with Gasteiger partial charge in [0, 0.05) is 25.2 Å². The predicted molar refractivity (Wildman–Crippen MR) is 101 cm³/mol. The van der Waals surface area contributed by atoms with E-state index >= 15 is 0 Å². The highest BCUT2D eigenvalue weighted by atomic mass is 32.2. The van der Waals surface area contributed by atoms with Crippen LogP contribution in [-0.2, 0) is 16.6 Å². The van der Waals surface area contributed by atoms with Crippen molar-refractivity contribution < 1.29 is 13.3 Å². The summed E-state index contributed by atoms with van der Waals surface area (Å²) in [6, 6.07) is 7.26. The van der Waals surface area contributed by atoms with E-state index in [9.17, 15) is 18.5 Å². The number of hydrogen-bond donors (Lipinski definition) is 1. The van der Waals surface area contributed by atoms with E-state index in [1.54, 1.807) is 11.3 Å². The molecule has 2 aromatic rings. The molecule has 0 bridgehead atoms. The van der Waals surface area contributed by atoms with Gasteiger partial charge in [0.2, 0.25) is 10.0 Å². The highest BCUT2D eigenvalue weighted by Gasteiger charge is 2.23. The van der Waals surface area contributed by atoms with Crippen LogP contribution in [0.3, 0.4) is 0 Å². The fraction of sp³-hybridized carbons (Fsp3) is 0.412. The zero-order valence-electron chi connectivity index (χ0n) is 14.2. The van der Waals surface area contributed by atoms with Crippen molar-refractivity contribution in [2.45, 2.75) is 24.3 Å². The third-order valence-corrected chi connectivity index (χ3v) is 6.75. The minimum atomic E-state index is -3.74. The molecule has 0 atom stereocenters. The quantitative estimate of drug-likeness (QED) is 0.575. The smallest absolute Gasteiger partial charge is 0.270 e. The molecule has 1 saturated heterocycles. The molecule has 0 aliphatic carbocycles. The predicted octanol–water partition coefficient (Wildman–Crippen LogP) is 2.85. The number of nitro groups is 1. The van der Waals surface area contributed by atoms with Gasteiger partial charge in [-0.1, -0.05) is 6.07 Å². The molecule has 0 amide bonds. The first-order valence-corrected chi connectivity index (χ1v) is 10.8. The van der Waals surface area contributed by atoms with Crippen LogP contribution in [0.15, 0.2) is 46.0 Å². The van der Waals surface area contributed by atoms with E-state index in [1.165, 1.54) is 23.8 Å². The lowest BCUT2D eigenvalue weighted by Gasteiger charge is -2.31. The first kappa shape index (κ1) is 19.0. The molecule has 1 aromatic carbocycles. The largest absolute Gasteiger partial charge is 0.299 e. The third kappa shape index (κ3) is 4.88. The lowest BCUT2D eigenvalue weighted by atomic mass is 9.97. The van der Waals surface area contributed by atoms with Crippen molar-refractivity contribution in [3.63, 3.8) is 0 Å². The summed E-state index contributed by atoms with van der Waals surface area (Å²) in [6.45, 7) is 3.19. The van der Waals surface area contributed by atoms with Crippen molar-refractivity contribution in [2.75, 3.05) is 19.6 Å². The topological polar surface area (TPSA) is 92.5 Å². The van der Waals surface area contributed by atoms with Gasteiger partial charge in [-0.3, -0.25) is 15.0 Å². The molecule has 1 fully saturated rings. The number of nitrogens with one attached hydrogen (secondary N) is 1. The average molecular weight is 396 g/mol. The fourth-order valence-corrected chi connectivity index (χ4v) is 4.88. The maximum atomic E-state index is 12.4. The summed E-state index contributed by atoms with van der Waals surface area (Å²) in [5.74, 6) is 0.280. The van der Waals surface area contributed by atoms with Crippen LogP contribution in [-0.4, -0.2) is 37.9 Å². The van der Waals surface area contributed by atoms with Crippen LogP contribution >= 0.6 is 11.3 Å². The number of nitro benzene ring substituents is 1. The normalized spacial score (nSPS) is 16.6. The van der Waals surface area contributed by atoms with E-state index in [4.69, 9.17) is 0 Å². The Labute approximate surface area is 156 Å². The molecule has 140 valence electrons. The van der Waals surface area contributed by atoms with E-state index in [0.29, 0.717) is 6.54 Å². The first-order valence-electron chi connectivity index (χ1n) is 8.41. The lowest BCUT2D eigenvalue weighted by molar-refractivity contribution is -0.385. The second kappa shape index (κ2) is 8.26. The summed E-state index contributed by atoms with van der Waals surface area (Å²) in [5.41, 5.74) is 1.09. The number of hydrogen-bond acceptors (Lipinski definition) is 6. The molecule has 3 rings (SSSR count). The van der Waals surface area contributed by atoms with Crippen molar-refractivity contribution in [2.24, 2.45) is 5.92 Å². The molecule has 1 aromatic heterocycles. The number of benzene rings is 1. The molecule has 2 heterocycles. The number of sulfonamides is 1. The summed E-state index contributed by atoms with van der Waals surface area (Å²) in [6.07, 6.45) is 1.86. The highest BCUT2D eigenvalue weighted by Crippen LogP contribution is 2.21. The molecule has 7 nitrogen and oxygen atoms in total.